The van der Waals surface area contributed by atoms with Gasteiger partial charge < -0.3 is 5.73 Å². The van der Waals surface area contributed by atoms with E-state index in [9.17, 15) is 0 Å². The molecule has 1 unspecified atom stereocenters. The largest absolute Gasteiger partial charge is 0.327 e. The maximum Gasteiger partial charge on any atom is 0.0178 e. The van der Waals surface area contributed by atoms with Crippen LogP contribution in [0.5, 0.6) is 0 Å². The standard InChI is InChI=1S/C16H24BrN/c17-15-9-5-8-14(10-15)12-16(18)11-13-6-3-1-2-4-7-13/h5,8-10,13,16H,1-4,6-7,11-12,18H2. The van der Waals surface area contributed by atoms with Crippen LogP contribution in [0.4, 0.5) is 0 Å². The lowest BCUT2D eigenvalue weighted by atomic mass is 9.90. The van der Waals surface area contributed by atoms with Crippen molar-refractivity contribution in [3.8, 4) is 0 Å². The Morgan fingerprint density at radius 2 is 1.89 bits per heavy atom. The molecule has 2 N–H and O–H groups in total. The fraction of sp³-hybridized carbons (Fsp3) is 0.625. The van der Waals surface area contributed by atoms with E-state index in [2.05, 4.69) is 40.2 Å². The summed E-state index contributed by atoms with van der Waals surface area (Å²) in [4.78, 5) is 0. The Labute approximate surface area is 119 Å². The molecule has 1 aromatic rings. The van der Waals surface area contributed by atoms with Gasteiger partial charge in [0.25, 0.3) is 0 Å². The van der Waals surface area contributed by atoms with E-state index in [0.717, 1.165) is 16.8 Å². The Morgan fingerprint density at radius 3 is 2.56 bits per heavy atom. The van der Waals surface area contributed by atoms with Crippen LogP contribution in [0, 0.1) is 5.92 Å². The van der Waals surface area contributed by atoms with Gasteiger partial charge in [0.15, 0.2) is 0 Å². The summed E-state index contributed by atoms with van der Waals surface area (Å²) in [5.41, 5.74) is 7.67. The molecule has 0 heterocycles. The van der Waals surface area contributed by atoms with Gasteiger partial charge in [-0.05, 0) is 36.5 Å². The van der Waals surface area contributed by atoms with Crippen LogP contribution in [0.1, 0.15) is 50.5 Å². The zero-order valence-electron chi connectivity index (χ0n) is 11.1. The van der Waals surface area contributed by atoms with Gasteiger partial charge in [0.2, 0.25) is 0 Å². The maximum absolute atomic E-state index is 6.32. The van der Waals surface area contributed by atoms with E-state index < -0.39 is 0 Å². The average Bonchev–Trinajstić information content (AvgIpc) is 2.57. The van der Waals surface area contributed by atoms with Crippen molar-refractivity contribution < 1.29 is 0 Å². The molecule has 0 spiro atoms. The Balaban J connectivity index is 1.82. The molecule has 1 saturated carbocycles. The molecule has 0 bridgehead atoms. The van der Waals surface area contributed by atoms with Gasteiger partial charge in [0.1, 0.15) is 0 Å². The quantitative estimate of drug-likeness (QED) is 0.803. The third-order valence-electron chi connectivity index (χ3n) is 4.00. The van der Waals surface area contributed by atoms with E-state index in [1.807, 2.05) is 0 Å². The molecule has 1 aliphatic rings. The molecule has 0 radical (unpaired) electrons. The van der Waals surface area contributed by atoms with Crippen LogP contribution in [0.2, 0.25) is 0 Å². The normalized spacial score (nSPS) is 19.4. The number of hydrogen-bond acceptors (Lipinski definition) is 1. The monoisotopic (exact) mass is 309 g/mol. The lowest BCUT2D eigenvalue weighted by molar-refractivity contribution is 0.387. The number of benzene rings is 1. The molecule has 0 aromatic heterocycles. The van der Waals surface area contributed by atoms with E-state index in [4.69, 9.17) is 5.73 Å². The summed E-state index contributed by atoms with van der Waals surface area (Å²) in [6.45, 7) is 0. The third-order valence-corrected chi connectivity index (χ3v) is 4.49. The molecule has 1 aliphatic carbocycles. The first kappa shape index (κ1) is 14.1. The van der Waals surface area contributed by atoms with Crippen molar-refractivity contribution in [1.29, 1.82) is 0 Å². The molecule has 0 saturated heterocycles. The van der Waals surface area contributed by atoms with Crippen molar-refractivity contribution in [2.24, 2.45) is 11.7 Å². The minimum Gasteiger partial charge on any atom is -0.327 e. The summed E-state index contributed by atoms with van der Waals surface area (Å²) < 4.78 is 1.15. The summed E-state index contributed by atoms with van der Waals surface area (Å²) in [5, 5.41) is 0. The van der Waals surface area contributed by atoms with E-state index in [-0.39, 0.29) is 0 Å². The van der Waals surface area contributed by atoms with Crippen LogP contribution >= 0.6 is 15.9 Å². The fourth-order valence-corrected chi connectivity index (χ4v) is 3.52. The molecule has 1 aromatic carbocycles. The number of nitrogens with two attached hydrogens (primary N) is 1. The van der Waals surface area contributed by atoms with Crippen molar-refractivity contribution in [1.82, 2.24) is 0 Å². The molecular formula is C16H24BrN. The van der Waals surface area contributed by atoms with Crippen LogP contribution in [0.15, 0.2) is 28.7 Å². The summed E-state index contributed by atoms with van der Waals surface area (Å²) in [7, 11) is 0. The SMILES string of the molecule is NC(Cc1cccc(Br)c1)CC1CCCCCC1. The molecule has 0 amide bonds. The summed E-state index contributed by atoms with van der Waals surface area (Å²) in [5.74, 6) is 0.870. The van der Waals surface area contributed by atoms with Gasteiger partial charge in [-0.3, -0.25) is 0 Å². The van der Waals surface area contributed by atoms with E-state index in [0.29, 0.717) is 6.04 Å². The second-order valence-corrected chi connectivity index (χ2v) is 6.60. The van der Waals surface area contributed by atoms with Crippen LogP contribution in [0.25, 0.3) is 0 Å². The van der Waals surface area contributed by atoms with Crippen molar-refractivity contribution in [3.05, 3.63) is 34.3 Å². The minimum absolute atomic E-state index is 0.322. The summed E-state index contributed by atoms with van der Waals surface area (Å²) in [6, 6.07) is 8.85. The number of halogens is 1. The van der Waals surface area contributed by atoms with Crippen molar-refractivity contribution in [2.45, 2.75) is 57.4 Å². The lowest BCUT2D eigenvalue weighted by Gasteiger charge is -2.19. The Hall–Kier alpha value is -0.340. The first-order chi connectivity index (χ1) is 8.74. The summed E-state index contributed by atoms with van der Waals surface area (Å²) in [6.07, 6.45) is 10.7. The van der Waals surface area contributed by atoms with Crippen molar-refractivity contribution >= 4 is 15.9 Å². The first-order valence-corrected chi connectivity index (χ1v) is 8.03. The predicted octanol–water partition coefficient (Wildman–Crippen LogP) is 4.68. The molecular weight excluding hydrogens is 286 g/mol. The van der Waals surface area contributed by atoms with Crippen LogP contribution in [-0.2, 0) is 6.42 Å². The van der Waals surface area contributed by atoms with E-state index >= 15 is 0 Å². The second kappa shape index (κ2) is 7.30. The molecule has 2 rings (SSSR count). The topological polar surface area (TPSA) is 26.0 Å². The van der Waals surface area contributed by atoms with Gasteiger partial charge in [-0.15, -0.1) is 0 Å². The maximum atomic E-state index is 6.32. The van der Waals surface area contributed by atoms with E-state index in [1.54, 1.807) is 0 Å². The molecule has 1 atom stereocenters. The zero-order valence-corrected chi connectivity index (χ0v) is 12.7. The van der Waals surface area contributed by atoms with Crippen LogP contribution < -0.4 is 5.73 Å². The predicted molar refractivity (Wildman–Crippen MR) is 81.6 cm³/mol. The fourth-order valence-electron chi connectivity index (χ4n) is 3.08. The van der Waals surface area contributed by atoms with Crippen LogP contribution in [-0.4, -0.2) is 6.04 Å². The van der Waals surface area contributed by atoms with Gasteiger partial charge in [-0.1, -0.05) is 66.6 Å². The van der Waals surface area contributed by atoms with Crippen LogP contribution in [0.3, 0.4) is 0 Å². The third kappa shape index (κ3) is 4.74. The highest BCUT2D eigenvalue weighted by molar-refractivity contribution is 9.10. The number of hydrogen-bond donors (Lipinski definition) is 1. The zero-order chi connectivity index (χ0) is 12.8. The number of rotatable bonds is 4. The first-order valence-electron chi connectivity index (χ1n) is 7.24. The highest BCUT2D eigenvalue weighted by Gasteiger charge is 2.16. The second-order valence-electron chi connectivity index (χ2n) is 5.69. The molecule has 0 aliphatic heterocycles. The van der Waals surface area contributed by atoms with Gasteiger partial charge in [0, 0.05) is 10.5 Å². The smallest absolute Gasteiger partial charge is 0.0178 e. The Kier molecular flexibility index (Phi) is 5.71. The van der Waals surface area contributed by atoms with Gasteiger partial charge >= 0.3 is 0 Å². The average molecular weight is 310 g/mol. The molecule has 1 fully saturated rings. The molecule has 1 nitrogen and oxygen atoms in total. The van der Waals surface area contributed by atoms with Crippen molar-refractivity contribution in [2.75, 3.05) is 0 Å². The van der Waals surface area contributed by atoms with Crippen molar-refractivity contribution in [3.63, 3.8) is 0 Å². The summed E-state index contributed by atoms with van der Waals surface area (Å²) >= 11 is 3.52. The van der Waals surface area contributed by atoms with Gasteiger partial charge in [-0.25, -0.2) is 0 Å². The lowest BCUT2D eigenvalue weighted by Crippen LogP contribution is -2.26. The Bertz CT molecular complexity index is 356. The highest BCUT2D eigenvalue weighted by Crippen LogP contribution is 2.26. The highest BCUT2D eigenvalue weighted by atomic mass is 79.9. The van der Waals surface area contributed by atoms with E-state index in [1.165, 1.54) is 50.5 Å². The van der Waals surface area contributed by atoms with Gasteiger partial charge in [-0.2, -0.15) is 0 Å². The van der Waals surface area contributed by atoms with Gasteiger partial charge in [0.05, 0.1) is 0 Å². The molecule has 2 heteroatoms. The minimum atomic E-state index is 0.322. The molecule has 100 valence electrons. The molecule has 18 heavy (non-hydrogen) atoms. The Morgan fingerprint density at radius 1 is 1.17 bits per heavy atom.